The number of aromatic nitrogens is 1. The molecule has 1 amide bonds. The molecule has 0 aliphatic heterocycles. The highest BCUT2D eigenvalue weighted by Gasteiger charge is 2.27. The van der Waals surface area contributed by atoms with E-state index >= 15 is 0 Å². The minimum atomic E-state index is -0.938. The summed E-state index contributed by atoms with van der Waals surface area (Å²) >= 11 is 0. The molecule has 2 aromatic carbocycles. The second-order valence-corrected chi connectivity index (χ2v) is 6.72. The molecule has 3 rings (SSSR count). The number of carboxylic acid groups (broad SMARTS) is 1. The third-order valence-electron chi connectivity index (χ3n) is 4.93. The van der Waals surface area contributed by atoms with Crippen LogP contribution in [-0.2, 0) is 22.6 Å². The predicted octanol–water partition coefficient (Wildman–Crippen LogP) is 3.78. The van der Waals surface area contributed by atoms with Gasteiger partial charge in [-0.25, -0.2) is 0 Å². The molecule has 0 radical (unpaired) electrons. The van der Waals surface area contributed by atoms with Crippen LogP contribution in [0.2, 0.25) is 0 Å². The van der Waals surface area contributed by atoms with E-state index in [0.717, 1.165) is 28.6 Å². The number of amides is 1. The molecule has 5 nitrogen and oxygen atoms in total. The molecule has 5 heteroatoms. The summed E-state index contributed by atoms with van der Waals surface area (Å²) < 4.78 is 2.12. The second kappa shape index (κ2) is 8.08. The maximum absolute atomic E-state index is 12.8. The number of fused-ring (bicyclic) bond motifs is 1. The van der Waals surface area contributed by atoms with E-state index in [4.69, 9.17) is 0 Å². The molecule has 1 aromatic heterocycles. The average Bonchev–Trinajstić information content (AvgIpc) is 3.04. The third-order valence-corrected chi connectivity index (χ3v) is 4.93. The number of nitrogens with zero attached hydrogens (tertiary/aromatic N) is 1. The lowest BCUT2D eigenvalue weighted by atomic mass is 9.94. The van der Waals surface area contributed by atoms with Gasteiger partial charge in [0.05, 0.1) is 18.4 Å². The van der Waals surface area contributed by atoms with Gasteiger partial charge in [0.25, 0.3) is 0 Å². The van der Waals surface area contributed by atoms with Crippen molar-refractivity contribution < 1.29 is 14.7 Å². The van der Waals surface area contributed by atoms with Crippen LogP contribution in [0.15, 0.2) is 60.8 Å². The maximum Gasteiger partial charge on any atom is 0.308 e. The van der Waals surface area contributed by atoms with E-state index in [9.17, 15) is 14.7 Å². The van der Waals surface area contributed by atoms with Gasteiger partial charge < -0.3 is 15.0 Å². The molecule has 3 aromatic rings. The first-order valence-electron chi connectivity index (χ1n) is 9.15. The van der Waals surface area contributed by atoms with E-state index in [1.54, 1.807) is 6.92 Å². The Morgan fingerprint density at radius 3 is 2.41 bits per heavy atom. The summed E-state index contributed by atoms with van der Waals surface area (Å²) in [7, 11) is 0. The van der Waals surface area contributed by atoms with Gasteiger partial charge in [0.1, 0.15) is 0 Å². The molecule has 0 aliphatic rings. The summed E-state index contributed by atoms with van der Waals surface area (Å²) in [6, 6.07) is 16.7. The fourth-order valence-electron chi connectivity index (χ4n) is 3.42. The van der Waals surface area contributed by atoms with Crippen molar-refractivity contribution in [3.05, 3.63) is 71.9 Å². The lowest BCUT2D eigenvalue weighted by Gasteiger charge is -2.23. The van der Waals surface area contributed by atoms with Crippen LogP contribution < -0.4 is 5.32 Å². The van der Waals surface area contributed by atoms with Crippen molar-refractivity contribution >= 4 is 22.8 Å². The fourth-order valence-corrected chi connectivity index (χ4v) is 3.42. The summed E-state index contributed by atoms with van der Waals surface area (Å²) in [5.41, 5.74) is 2.83. The second-order valence-electron chi connectivity index (χ2n) is 6.72. The number of nitrogens with one attached hydrogen (secondary N) is 1. The lowest BCUT2D eigenvalue weighted by molar-refractivity contribution is -0.142. The highest BCUT2D eigenvalue weighted by Crippen LogP contribution is 2.24. The molecule has 2 atom stereocenters. The van der Waals surface area contributed by atoms with Gasteiger partial charge in [-0.1, -0.05) is 48.5 Å². The van der Waals surface area contributed by atoms with Crippen LogP contribution in [0.25, 0.3) is 10.9 Å². The number of carboxylic acids is 1. The molecule has 2 unspecified atom stereocenters. The molecule has 0 saturated carbocycles. The smallest absolute Gasteiger partial charge is 0.308 e. The standard InChI is InChI=1S/C22H24N2O3/c1-3-24-14-17(18-11-7-8-12-19(18)24)13-20(25)23-21(15(2)22(26)27)16-9-5-4-6-10-16/h4-12,14-15,21H,3,13H2,1-2H3,(H,23,25)(H,26,27). The Hall–Kier alpha value is -3.08. The van der Waals surface area contributed by atoms with Crippen molar-refractivity contribution in [1.29, 1.82) is 0 Å². The van der Waals surface area contributed by atoms with E-state index in [1.807, 2.05) is 60.8 Å². The summed E-state index contributed by atoms with van der Waals surface area (Å²) in [5.74, 6) is -1.85. The van der Waals surface area contributed by atoms with Gasteiger partial charge in [0.2, 0.25) is 5.91 Å². The highest BCUT2D eigenvalue weighted by atomic mass is 16.4. The normalized spacial score (nSPS) is 13.3. The van der Waals surface area contributed by atoms with Crippen LogP contribution >= 0.6 is 0 Å². The lowest BCUT2D eigenvalue weighted by Crippen LogP contribution is -2.36. The number of carbonyl (C=O) groups excluding carboxylic acids is 1. The highest BCUT2D eigenvalue weighted by molar-refractivity contribution is 5.89. The van der Waals surface area contributed by atoms with Gasteiger partial charge in [-0.3, -0.25) is 9.59 Å². The van der Waals surface area contributed by atoms with Gasteiger partial charge in [0, 0.05) is 23.6 Å². The van der Waals surface area contributed by atoms with Gasteiger partial charge in [-0.2, -0.15) is 0 Å². The zero-order valence-corrected chi connectivity index (χ0v) is 15.6. The summed E-state index contributed by atoms with van der Waals surface area (Å²) in [5, 5.41) is 13.4. The molecule has 0 bridgehead atoms. The van der Waals surface area contributed by atoms with Crippen LogP contribution in [0.4, 0.5) is 0 Å². The fraction of sp³-hybridized carbons (Fsp3) is 0.273. The van der Waals surface area contributed by atoms with Gasteiger partial charge >= 0.3 is 5.97 Å². The van der Waals surface area contributed by atoms with Gasteiger partial charge in [0.15, 0.2) is 0 Å². The molecule has 1 heterocycles. The van der Waals surface area contributed by atoms with Gasteiger partial charge in [-0.15, -0.1) is 0 Å². The van der Waals surface area contributed by atoms with Crippen LogP contribution in [0.1, 0.15) is 31.0 Å². The first kappa shape index (κ1) is 18.7. The SMILES string of the molecule is CCn1cc(CC(=O)NC(c2ccccc2)C(C)C(=O)O)c2ccccc21. The van der Waals surface area contributed by atoms with E-state index in [1.165, 1.54) is 0 Å². The molecular formula is C22H24N2O3. The van der Waals surface area contributed by atoms with Crippen LogP contribution in [0, 0.1) is 5.92 Å². The molecule has 0 saturated heterocycles. The third kappa shape index (κ3) is 4.03. The van der Waals surface area contributed by atoms with Gasteiger partial charge in [-0.05, 0) is 31.0 Å². The molecule has 2 N–H and O–H groups in total. The Bertz CT molecular complexity index is 947. The number of hydrogen-bond donors (Lipinski definition) is 2. The Labute approximate surface area is 158 Å². The predicted molar refractivity (Wildman–Crippen MR) is 105 cm³/mol. The number of rotatable bonds is 7. The Kier molecular flexibility index (Phi) is 5.60. The Morgan fingerprint density at radius 2 is 1.74 bits per heavy atom. The van der Waals surface area contributed by atoms with Crippen LogP contribution in [-0.4, -0.2) is 21.6 Å². The minimum Gasteiger partial charge on any atom is -0.481 e. The summed E-state index contributed by atoms with van der Waals surface area (Å²) in [4.78, 5) is 24.3. The largest absolute Gasteiger partial charge is 0.481 e. The van der Waals surface area contributed by atoms with Crippen molar-refractivity contribution in [1.82, 2.24) is 9.88 Å². The van der Waals surface area contributed by atoms with Crippen LogP contribution in [0.3, 0.4) is 0 Å². The Balaban J connectivity index is 1.84. The number of para-hydroxylation sites is 1. The van der Waals surface area contributed by atoms with Crippen molar-refractivity contribution in [2.24, 2.45) is 5.92 Å². The molecule has 0 aliphatic carbocycles. The number of carbonyl (C=O) groups is 2. The van der Waals surface area contributed by atoms with E-state index in [-0.39, 0.29) is 12.3 Å². The van der Waals surface area contributed by atoms with E-state index < -0.39 is 17.9 Å². The number of benzene rings is 2. The quantitative estimate of drug-likeness (QED) is 0.670. The number of aryl methyl sites for hydroxylation is 1. The van der Waals surface area contributed by atoms with Crippen molar-refractivity contribution in [3.63, 3.8) is 0 Å². The monoisotopic (exact) mass is 364 g/mol. The zero-order chi connectivity index (χ0) is 19.4. The first-order chi connectivity index (χ1) is 13.0. The zero-order valence-electron chi connectivity index (χ0n) is 15.6. The molecule has 27 heavy (non-hydrogen) atoms. The number of hydrogen-bond acceptors (Lipinski definition) is 2. The van der Waals surface area contributed by atoms with Crippen molar-refractivity contribution in [3.8, 4) is 0 Å². The van der Waals surface area contributed by atoms with Crippen molar-refractivity contribution in [2.45, 2.75) is 32.9 Å². The molecular weight excluding hydrogens is 340 g/mol. The first-order valence-corrected chi connectivity index (χ1v) is 9.15. The molecule has 0 spiro atoms. The average molecular weight is 364 g/mol. The van der Waals surface area contributed by atoms with E-state index in [2.05, 4.69) is 16.8 Å². The molecule has 0 fully saturated rings. The summed E-state index contributed by atoms with van der Waals surface area (Å²) in [6.07, 6.45) is 2.21. The minimum absolute atomic E-state index is 0.184. The van der Waals surface area contributed by atoms with Crippen LogP contribution in [0.5, 0.6) is 0 Å². The molecule has 140 valence electrons. The Morgan fingerprint density at radius 1 is 1.07 bits per heavy atom. The summed E-state index contributed by atoms with van der Waals surface area (Å²) in [6.45, 7) is 4.50. The van der Waals surface area contributed by atoms with E-state index in [0.29, 0.717) is 0 Å². The van der Waals surface area contributed by atoms with Crippen molar-refractivity contribution in [2.75, 3.05) is 0 Å². The topological polar surface area (TPSA) is 71.3 Å². The maximum atomic E-state index is 12.8. The number of aliphatic carboxylic acids is 1.